The molecule has 0 aliphatic rings. The topological polar surface area (TPSA) is 47.6 Å². The van der Waals surface area contributed by atoms with Gasteiger partial charge in [0, 0.05) is 6.54 Å². The van der Waals surface area contributed by atoms with Crippen LogP contribution in [0.15, 0.2) is 24.3 Å². The van der Waals surface area contributed by atoms with Crippen molar-refractivity contribution >= 4 is 5.97 Å². The highest BCUT2D eigenvalue weighted by molar-refractivity contribution is 5.75. The molecule has 0 aromatic heterocycles. The summed E-state index contributed by atoms with van der Waals surface area (Å²) in [6.45, 7) is 7.54. The van der Waals surface area contributed by atoms with E-state index in [-0.39, 0.29) is 17.9 Å². The zero-order valence-corrected chi connectivity index (χ0v) is 13.5. The fraction of sp³-hybridized carbons (Fsp3) is 0.588. The van der Waals surface area contributed by atoms with Crippen LogP contribution in [0.4, 0.5) is 0 Å². The van der Waals surface area contributed by atoms with Gasteiger partial charge in [-0.05, 0) is 30.0 Å². The summed E-state index contributed by atoms with van der Waals surface area (Å²) in [5, 5.41) is 3.29. The number of hydrogen-bond acceptors (Lipinski definition) is 4. The average molecular weight is 293 g/mol. The Morgan fingerprint density at radius 1 is 1.33 bits per heavy atom. The van der Waals surface area contributed by atoms with Crippen LogP contribution in [-0.2, 0) is 16.1 Å². The number of esters is 1. The van der Waals surface area contributed by atoms with Crippen molar-refractivity contribution in [3.63, 3.8) is 0 Å². The highest BCUT2D eigenvalue weighted by Gasteiger charge is 2.24. The molecule has 118 valence electrons. The third-order valence-electron chi connectivity index (χ3n) is 3.57. The van der Waals surface area contributed by atoms with Crippen LogP contribution in [-0.4, -0.2) is 25.7 Å². The van der Waals surface area contributed by atoms with Gasteiger partial charge in [0.15, 0.2) is 0 Å². The molecule has 4 heteroatoms. The SMILES string of the molecule is CCCOc1cccc(CNC(C(=O)OC)C(C)CC)c1. The van der Waals surface area contributed by atoms with Crippen LogP contribution in [0.2, 0.25) is 0 Å². The van der Waals surface area contributed by atoms with Crippen LogP contribution in [0.3, 0.4) is 0 Å². The lowest BCUT2D eigenvalue weighted by Crippen LogP contribution is -2.42. The molecule has 0 amide bonds. The van der Waals surface area contributed by atoms with E-state index >= 15 is 0 Å². The highest BCUT2D eigenvalue weighted by Crippen LogP contribution is 2.15. The summed E-state index contributed by atoms with van der Waals surface area (Å²) in [5.74, 6) is 0.897. The zero-order chi connectivity index (χ0) is 15.7. The van der Waals surface area contributed by atoms with Crippen molar-refractivity contribution in [1.29, 1.82) is 0 Å². The molecule has 0 fully saturated rings. The van der Waals surface area contributed by atoms with Gasteiger partial charge in [-0.1, -0.05) is 39.3 Å². The van der Waals surface area contributed by atoms with Gasteiger partial charge in [-0.3, -0.25) is 4.79 Å². The van der Waals surface area contributed by atoms with Crippen LogP contribution < -0.4 is 10.1 Å². The molecule has 1 rings (SSSR count). The third kappa shape index (κ3) is 5.76. The fourth-order valence-corrected chi connectivity index (χ4v) is 2.07. The maximum Gasteiger partial charge on any atom is 0.323 e. The first kappa shape index (κ1) is 17.5. The van der Waals surface area contributed by atoms with Gasteiger partial charge >= 0.3 is 5.97 Å². The highest BCUT2D eigenvalue weighted by atomic mass is 16.5. The first-order valence-electron chi connectivity index (χ1n) is 7.65. The Morgan fingerprint density at radius 3 is 2.71 bits per heavy atom. The van der Waals surface area contributed by atoms with Crippen molar-refractivity contribution in [3.05, 3.63) is 29.8 Å². The van der Waals surface area contributed by atoms with Gasteiger partial charge in [0.05, 0.1) is 13.7 Å². The molecule has 1 aromatic rings. The second-order valence-electron chi connectivity index (χ2n) is 5.26. The van der Waals surface area contributed by atoms with Crippen molar-refractivity contribution in [2.75, 3.05) is 13.7 Å². The molecule has 1 aromatic carbocycles. The fourth-order valence-electron chi connectivity index (χ4n) is 2.07. The van der Waals surface area contributed by atoms with E-state index in [1.165, 1.54) is 7.11 Å². The lowest BCUT2D eigenvalue weighted by Gasteiger charge is -2.22. The number of methoxy groups -OCH3 is 1. The molecule has 0 spiro atoms. The van der Waals surface area contributed by atoms with Gasteiger partial charge in [0.25, 0.3) is 0 Å². The zero-order valence-electron chi connectivity index (χ0n) is 13.5. The van der Waals surface area contributed by atoms with Gasteiger partial charge in [-0.2, -0.15) is 0 Å². The normalized spacial score (nSPS) is 13.5. The van der Waals surface area contributed by atoms with Crippen LogP contribution in [0.5, 0.6) is 5.75 Å². The molecule has 0 heterocycles. The summed E-state index contributed by atoms with van der Waals surface area (Å²) < 4.78 is 10.5. The Balaban J connectivity index is 2.64. The maximum absolute atomic E-state index is 11.8. The Morgan fingerprint density at radius 2 is 2.10 bits per heavy atom. The van der Waals surface area contributed by atoms with E-state index in [4.69, 9.17) is 9.47 Å². The summed E-state index contributed by atoms with van der Waals surface area (Å²) in [6, 6.07) is 7.68. The lowest BCUT2D eigenvalue weighted by molar-refractivity contribution is -0.144. The van der Waals surface area contributed by atoms with Gasteiger partial charge in [0.2, 0.25) is 0 Å². The third-order valence-corrected chi connectivity index (χ3v) is 3.57. The quantitative estimate of drug-likeness (QED) is 0.711. The van der Waals surface area contributed by atoms with Crippen molar-refractivity contribution in [2.45, 2.75) is 46.2 Å². The second-order valence-corrected chi connectivity index (χ2v) is 5.26. The van der Waals surface area contributed by atoms with Gasteiger partial charge in [-0.15, -0.1) is 0 Å². The number of rotatable bonds is 9. The molecule has 4 nitrogen and oxygen atoms in total. The van der Waals surface area contributed by atoms with Crippen molar-refractivity contribution in [2.24, 2.45) is 5.92 Å². The molecule has 0 aliphatic heterocycles. The van der Waals surface area contributed by atoms with Crippen molar-refractivity contribution < 1.29 is 14.3 Å². The van der Waals surface area contributed by atoms with Crippen LogP contribution in [0.1, 0.15) is 39.2 Å². The number of carbonyl (C=O) groups excluding carboxylic acids is 1. The molecule has 1 N–H and O–H groups in total. The minimum atomic E-state index is -0.278. The summed E-state index contributed by atoms with van der Waals surface area (Å²) in [5.41, 5.74) is 1.10. The lowest BCUT2D eigenvalue weighted by atomic mass is 9.99. The van der Waals surface area contributed by atoms with Gasteiger partial charge in [-0.25, -0.2) is 0 Å². The van der Waals surface area contributed by atoms with E-state index in [1.807, 2.05) is 24.3 Å². The second kappa shape index (κ2) is 9.40. The van der Waals surface area contributed by atoms with Crippen molar-refractivity contribution in [3.8, 4) is 5.75 Å². The number of benzene rings is 1. The number of carbonyl (C=O) groups is 1. The summed E-state index contributed by atoms with van der Waals surface area (Å²) >= 11 is 0. The number of hydrogen-bond donors (Lipinski definition) is 1. The average Bonchev–Trinajstić information content (AvgIpc) is 2.52. The summed E-state index contributed by atoms with van der Waals surface area (Å²) in [6.07, 6.45) is 1.91. The molecule has 0 bridgehead atoms. The molecule has 0 radical (unpaired) electrons. The summed E-state index contributed by atoms with van der Waals surface area (Å²) in [7, 11) is 1.43. The Labute approximate surface area is 127 Å². The van der Waals surface area contributed by atoms with Crippen molar-refractivity contribution in [1.82, 2.24) is 5.32 Å². The predicted octanol–water partition coefficient (Wildman–Crippen LogP) is 3.15. The van der Waals surface area contributed by atoms with Crippen LogP contribution in [0.25, 0.3) is 0 Å². The molecule has 2 unspecified atom stereocenters. The van der Waals surface area contributed by atoms with E-state index in [0.29, 0.717) is 13.2 Å². The maximum atomic E-state index is 11.8. The van der Waals surface area contributed by atoms with Crippen LogP contribution >= 0.6 is 0 Å². The molecule has 0 saturated carbocycles. The van der Waals surface area contributed by atoms with E-state index in [1.54, 1.807) is 0 Å². The standard InChI is InChI=1S/C17H27NO3/c1-5-10-21-15-9-7-8-14(11-15)12-18-16(13(3)6-2)17(19)20-4/h7-9,11,13,16,18H,5-6,10,12H2,1-4H3. The monoisotopic (exact) mass is 293 g/mol. The van der Waals surface area contributed by atoms with Gasteiger partial charge in [0.1, 0.15) is 11.8 Å². The molecule has 2 atom stereocenters. The molecule has 21 heavy (non-hydrogen) atoms. The van der Waals surface area contributed by atoms with E-state index in [0.717, 1.165) is 24.2 Å². The Hall–Kier alpha value is -1.55. The minimum Gasteiger partial charge on any atom is -0.494 e. The predicted molar refractivity (Wildman–Crippen MR) is 84.3 cm³/mol. The smallest absolute Gasteiger partial charge is 0.323 e. The molecular weight excluding hydrogens is 266 g/mol. The number of ether oxygens (including phenoxy) is 2. The van der Waals surface area contributed by atoms with E-state index < -0.39 is 0 Å². The minimum absolute atomic E-state index is 0.206. The van der Waals surface area contributed by atoms with Crippen LogP contribution in [0, 0.1) is 5.92 Å². The molecule has 0 aliphatic carbocycles. The first-order valence-corrected chi connectivity index (χ1v) is 7.65. The largest absolute Gasteiger partial charge is 0.494 e. The van der Waals surface area contributed by atoms with E-state index in [9.17, 15) is 4.79 Å². The first-order chi connectivity index (χ1) is 10.1. The Kier molecular flexibility index (Phi) is 7.83. The van der Waals surface area contributed by atoms with E-state index in [2.05, 4.69) is 26.1 Å². The number of nitrogens with one attached hydrogen (secondary N) is 1. The molecular formula is C17H27NO3. The Bertz CT molecular complexity index is 434. The van der Waals surface area contributed by atoms with Gasteiger partial charge < -0.3 is 14.8 Å². The summed E-state index contributed by atoms with van der Waals surface area (Å²) in [4.78, 5) is 11.8. The molecule has 0 saturated heterocycles.